The van der Waals surface area contributed by atoms with Crippen LogP contribution in [-0.2, 0) is 9.53 Å². The van der Waals surface area contributed by atoms with E-state index in [1.807, 2.05) is 0 Å². The Kier molecular flexibility index (Phi) is 8.16. The fourth-order valence-electron chi connectivity index (χ4n) is 3.05. The van der Waals surface area contributed by atoms with Gasteiger partial charge in [0.15, 0.2) is 0 Å². The smallest absolute Gasteiger partial charge is 0.410 e. The molecule has 1 rings (SSSR count). The van der Waals surface area contributed by atoms with Crippen LogP contribution in [0, 0.1) is 5.92 Å². The monoisotopic (exact) mass is 299 g/mol. The summed E-state index contributed by atoms with van der Waals surface area (Å²) in [5.74, 6) is -0.429. The van der Waals surface area contributed by atoms with Crippen LogP contribution in [-0.4, -0.2) is 41.3 Å². The number of aliphatic carboxylic acids is 1. The van der Waals surface area contributed by atoms with E-state index in [9.17, 15) is 9.59 Å². The van der Waals surface area contributed by atoms with Crippen molar-refractivity contribution in [1.29, 1.82) is 0 Å². The molecule has 0 radical (unpaired) electrons. The number of hydrogen-bond acceptors (Lipinski definition) is 3. The molecule has 1 amide bonds. The molecule has 0 bridgehead atoms. The van der Waals surface area contributed by atoms with E-state index in [-0.39, 0.29) is 18.6 Å². The third kappa shape index (κ3) is 6.36. The van der Waals surface area contributed by atoms with Crippen molar-refractivity contribution < 1.29 is 19.4 Å². The molecule has 5 heteroatoms. The molecule has 1 fully saturated rings. The highest BCUT2D eigenvalue weighted by Gasteiger charge is 2.29. The highest BCUT2D eigenvalue weighted by Crippen LogP contribution is 2.21. The molecular weight excluding hydrogens is 270 g/mol. The minimum atomic E-state index is -0.852. The van der Waals surface area contributed by atoms with Crippen LogP contribution in [0.15, 0.2) is 0 Å². The molecule has 122 valence electrons. The molecular formula is C16H29NO4. The van der Waals surface area contributed by atoms with Crippen LogP contribution in [0.4, 0.5) is 4.79 Å². The summed E-state index contributed by atoms with van der Waals surface area (Å²) in [4.78, 5) is 24.7. The summed E-state index contributed by atoms with van der Waals surface area (Å²) < 4.78 is 5.45. The first kappa shape index (κ1) is 17.8. The van der Waals surface area contributed by atoms with E-state index in [0.717, 1.165) is 44.9 Å². The van der Waals surface area contributed by atoms with Crippen LogP contribution in [0.5, 0.6) is 0 Å². The Labute approximate surface area is 127 Å². The number of likely N-dealkylation sites (tertiary alicyclic amines) is 1. The molecule has 1 saturated heterocycles. The molecule has 1 heterocycles. The average molecular weight is 299 g/mol. The van der Waals surface area contributed by atoms with Gasteiger partial charge in [-0.3, -0.25) is 4.79 Å². The van der Waals surface area contributed by atoms with Crippen molar-refractivity contribution in [2.45, 2.75) is 71.3 Å². The molecule has 1 aliphatic heterocycles. The summed E-state index contributed by atoms with van der Waals surface area (Å²) in [6.07, 6.45) is 6.67. The summed E-state index contributed by atoms with van der Waals surface area (Å²) in [7, 11) is 0. The van der Waals surface area contributed by atoms with Gasteiger partial charge in [-0.05, 0) is 38.0 Å². The van der Waals surface area contributed by atoms with Crippen LogP contribution in [0.3, 0.4) is 0 Å². The maximum atomic E-state index is 12.2. The fourth-order valence-corrected chi connectivity index (χ4v) is 3.05. The van der Waals surface area contributed by atoms with Crippen molar-refractivity contribution >= 4 is 12.1 Å². The molecule has 1 aliphatic rings. The predicted molar refractivity (Wildman–Crippen MR) is 81.3 cm³/mol. The molecule has 0 aliphatic carbocycles. The summed E-state index contributed by atoms with van der Waals surface area (Å²) in [6, 6.07) is -0.209. The number of carbonyl (C=O) groups is 2. The number of carbonyl (C=O) groups excluding carboxylic acids is 1. The number of piperidine rings is 1. The average Bonchev–Trinajstić information content (AvgIpc) is 2.45. The molecule has 5 nitrogen and oxygen atoms in total. The van der Waals surface area contributed by atoms with E-state index in [2.05, 4.69) is 13.8 Å². The molecule has 0 saturated carbocycles. The zero-order valence-electron chi connectivity index (χ0n) is 13.3. The number of amides is 1. The van der Waals surface area contributed by atoms with Gasteiger partial charge in [-0.1, -0.05) is 26.7 Å². The van der Waals surface area contributed by atoms with Gasteiger partial charge in [-0.25, -0.2) is 4.79 Å². The molecule has 0 aromatic rings. The number of carboxylic acid groups (broad SMARTS) is 1. The number of ether oxygens (including phenoxy) is 1. The largest absolute Gasteiger partial charge is 0.481 e. The SMILES string of the molecule is CCCC(CCC)COC(=O)N1CCCC[C@H]1CC(=O)O. The van der Waals surface area contributed by atoms with E-state index in [1.54, 1.807) is 4.90 Å². The summed E-state index contributed by atoms with van der Waals surface area (Å²) in [5.41, 5.74) is 0. The lowest BCUT2D eigenvalue weighted by molar-refractivity contribution is -0.138. The van der Waals surface area contributed by atoms with Crippen molar-refractivity contribution in [3.05, 3.63) is 0 Å². The second-order valence-electron chi connectivity index (χ2n) is 5.96. The summed E-state index contributed by atoms with van der Waals surface area (Å²) in [5, 5.41) is 8.94. The zero-order valence-corrected chi connectivity index (χ0v) is 13.3. The molecule has 0 aromatic heterocycles. The standard InChI is InChI=1S/C16H29NO4/c1-3-7-13(8-4-2)12-21-16(20)17-10-6-5-9-14(17)11-15(18)19/h13-14H,3-12H2,1-2H3,(H,18,19)/t14-/m0/s1. The van der Waals surface area contributed by atoms with Gasteiger partial charge in [0.25, 0.3) is 0 Å². The van der Waals surface area contributed by atoms with Crippen molar-refractivity contribution in [1.82, 2.24) is 4.90 Å². The Bertz CT molecular complexity index is 326. The normalized spacial score (nSPS) is 18.8. The third-order valence-corrected chi connectivity index (χ3v) is 4.11. The van der Waals surface area contributed by atoms with Crippen molar-refractivity contribution in [2.75, 3.05) is 13.2 Å². The Morgan fingerprint density at radius 1 is 1.24 bits per heavy atom. The minimum Gasteiger partial charge on any atom is -0.481 e. The molecule has 0 unspecified atom stereocenters. The first-order valence-corrected chi connectivity index (χ1v) is 8.23. The van der Waals surface area contributed by atoms with Gasteiger partial charge in [0.05, 0.1) is 13.0 Å². The third-order valence-electron chi connectivity index (χ3n) is 4.11. The van der Waals surface area contributed by atoms with Gasteiger partial charge in [-0.15, -0.1) is 0 Å². The van der Waals surface area contributed by atoms with Gasteiger partial charge >= 0.3 is 12.1 Å². The fraction of sp³-hybridized carbons (Fsp3) is 0.875. The topological polar surface area (TPSA) is 66.8 Å². The van der Waals surface area contributed by atoms with Gasteiger partial charge in [0.2, 0.25) is 0 Å². The Balaban J connectivity index is 2.48. The Hall–Kier alpha value is -1.26. The summed E-state index contributed by atoms with van der Waals surface area (Å²) >= 11 is 0. The molecule has 0 spiro atoms. The van der Waals surface area contributed by atoms with E-state index >= 15 is 0 Å². The Morgan fingerprint density at radius 2 is 1.90 bits per heavy atom. The van der Waals surface area contributed by atoms with E-state index in [1.165, 1.54) is 0 Å². The Morgan fingerprint density at radius 3 is 2.48 bits per heavy atom. The van der Waals surface area contributed by atoms with Gasteiger partial charge in [0, 0.05) is 12.6 Å². The highest BCUT2D eigenvalue weighted by atomic mass is 16.6. The van der Waals surface area contributed by atoms with Crippen LogP contribution in [0.2, 0.25) is 0 Å². The van der Waals surface area contributed by atoms with E-state index in [0.29, 0.717) is 19.1 Å². The quantitative estimate of drug-likeness (QED) is 0.742. The minimum absolute atomic E-state index is 0.0163. The summed E-state index contributed by atoms with van der Waals surface area (Å²) in [6.45, 7) is 5.34. The maximum Gasteiger partial charge on any atom is 0.410 e. The van der Waals surface area contributed by atoms with Crippen molar-refractivity contribution in [3.8, 4) is 0 Å². The van der Waals surface area contributed by atoms with Gasteiger partial charge < -0.3 is 14.7 Å². The first-order chi connectivity index (χ1) is 10.1. The highest BCUT2D eigenvalue weighted by molar-refractivity contribution is 5.71. The van der Waals surface area contributed by atoms with Crippen LogP contribution in [0.1, 0.15) is 65.2 Å². The van der Waals surface area contributed by atoms with Gasteiger partial charge in [-0.2, -0.15) is 0 Å². The second kappa shape index (κ2) is 9.64. The van der Waals surface area contributed by atoms with E-state index < -0.39 is 5.97 Å². The predicted octanol–water partition coefficient (Wildman–Crippen LogP) is 3.67. The van der Waals surface area contributed by atoms with Crippen LogP contribution < -0.4 is 0 Å². The van der Waals surface area contributed by atoms with Gasteiger partial charge in [0.1, 0.15) is 0 Å². The van der Waals surface area contributed by atoms with E-state index in [4.69, 9.17) is 9.84 Å². The zero-order chi connectivity index (χ0) is 15.7. The molecule has 1 atom stereocenters. The van der Waals surface area contributed by atoms with Crippen molar-refractivity contribution in [3.63, 3.8) is 0 Å². The lowest BCUT2D eigenvalue weighted by atomic mass is 9.99. The number of hydrogen-bond donors (Lipinski definition) is 1. The van der Waals surface area contributed by atoms with Crippen molar-refractivity contribution in [2.24, 2.45) is 5.92 Å². The number of nitrogens with zero attached hydrogens (tertiary/aromatic N) is 1. The molecule has 0 aromatic carbocycles. The first-order valence-electron chi connectivity index (χ1n) is 8.23. The van der Waals surface area contributed by atoms with Crippen LogP contribution in [0.25, 0.3) is 0 Å². The maximum absolute atomic E-state index is 12.2. The molecule has 1 N–H and O–H groups in total. The molecule has 21 heavy (non-hydrogen) atoms. The van der Waals surface area contributed by atoms with Crippen LogP contribution >= 0.6 is 0 Å². The lowest BCUT2D eigenvalue weighted by Crippen LogP contribution is -2.45. The number of rotatable bonds is 8. The lowest BCUT2D eigenvalue weighted by Gasteiger charge is -2.34. The number of carboxylic acids is 1. The second-order valence-corrected chi connectivity index (χ2v) is 5.96.